The van der Waals surface area contributed by atoms with Gasteiger partial charge in [-0.3, -0.25) is 4.68 Å². The first-order valence-corrected chi connectivity index (χ1v) is 6.43. The number of nitrogens with zero attached hydrogens (tertiary/aromatic N) is 2. The standard InChI is InChI=1S/C13H25N3/c1-5-11-9-12(16(8-4)15-11)10-13(14,6-2)7-3/h9H,5-8,10,14H2,1-4H3. The summed E-state index contributed by atoms with van der Waals surface area (Å²) in [6.45, 7) is 9.53. The molecule has 0 fully saturated rings. The topological polar surface area (TPSA) is 43.8 Å². The van der Waals surface area contributed by atoms with Gasteiger partial charge in [-0.1, -0.05) is 20.8 Å². The molecular formula is C13H25N3. The zero-order valence-corrected chi connectivity index (χ0v) is 11.1. The van der Waals surface area contributed by atoms with Gasteiger partial charge in [-0.05, 0) is 32.3 Å². The lowest BCUT2D eigenvalue weighted by Crippen LogP contribution is -2.41. The van der Waals surface area contributed by atoms with E-state index in [0.717, 1.165) is 32.2 Å². The molecule has 16 heavy (non-hydrogen) atoms. The van der Waals surface area contributed by atoms with Gasteiger partial charge in [0.25, 0.3) is 0 Å². The first kappa shape index (κ1) is 13.2. The molecule has 1 aromatic heterocycles. The fraction of sp³-hybridized carbons (Fsp3) is 0.769. The molecule has 0 spiro atoms. The van der Waals surface area contributed by atoms with Crippen molar-refractivity contribution in [3.8, 4) is 0 Å². The number of nitrogens with two attached hydrogens (primary N) is 1. The molecular weight excluding hydrogens is 198 g/mol. The minimum atomic E-state index is -0.0715. The van der Waals surface area contributed by atoms with Crippen LogP contribution in [0.4, 0.5) is 0 Å². The Hall–Kier alpha value is -0.830. The molecule has 0 saturated carbocycles. The van der Waals surface area contributed by atoms with Gasteiger partial charge in [-0.25, -0.2) is 0 Å². The van der Waals surface area contributed by atoms with Crippen LogP contribution in [0.3, 0.4) is 0 Å². The molecule has 0 saturated heterocycles. The van der Waals surface area contributed by atoms with Crippen molar-refractivity contribution >= 4 is 0 Å². The number of hydrogen-bond acceptors (Lipinski definition) is 2. The maximum atomic E-state index is 6.36. The highest BCUT2D eigenvalue weighted by Crippen LogP contribution is 2.19. The monoisotopic (exact) mass is 223 g/mol. The molecule has 1 heterocycles. The molecule has 1 rings (SSSR count). The first-order chi connectivity index (χ1) is 7.58. The molecule has 0 radical (unpaired) electrons. The van der Waals surface area contributed by atoms with E-state index in [1.165, 1.54) is 11.4 Å². The second-order valence-corrected chi connectivity index (χ2v) is 4.54. The molecule has 0 atom stereocenters. The predicted octanol–water partition coefficient (Wildman–Crippen LogP) is 2.53. The highest BCUT2D eigenvalue weighted by molar-refractivity contribution is 5.13. The van der Waals surface area contributed by atoms with Crippen LogP contribution in [0.15, 0.2) is 6.07 Å². The van der Waals surface area contributed by atoms with Gasteiger partial charge < -0.3 is 5.73 Å². The molecule has 2 N–H and O–H groups in total. The van der Waals surface area contributed by atoms with Crippen molar-refractivity contribution in [2.75, 3.05) is 0 Å². The molecule has 0 unspecified atom stereocenters. The van der Waals surface area contributed by atoms with Crippen molar-refractivity contribution in [2.45, 2.75) is 65.5 Å². The van der Waals surface area contributed by atoms with Crippen LogP contribution in [0.2, 0.25) is 0 Å². The van der Waals surface area contributed by atoms with Crippen LogP contribution < -0.4 is 5.73 Å². The summed E-state index contributed by atoms with van der Waals surface area (Å²) in [6, 6.07) is 2.20. The highest BCUT2D eigenvalue weighted by atomic mass is 15.3. The minimum Gasteiger partial charge on any atom is -0.325 e. The summed E-state index contributed by atoms with van der Waals surface area (Å²) in [5.41, 5.74) is 8.75. The summed E-state index contributed by atoms with van der Waals surface area (Å²) in [7, 11) is 0. The molecule has 3 heteroatoms. The molecule has 0 amide bonds. The Kier molecular flexibility index (Phi) is 4.54. The largest absolute Gasteiger partial charge is 0.325 e. The molecule has 0 aliphatic rings. The predicted molar refractivity (Wildman–Crippen MR) is 68.5 cm³/mol. The van der Waals surface area contributed by atoms with E-state index in [0.29, 0.717) is 0 Å². The third-order valence-electron chi connectivity index (χ3n) is 3.52. The smallest absolute Gasteiger partial charge is 0.0624 e. The zero-order valence-electron chi connectivity index (χ0n) is 11.1. The maximum absolute atomic E-state index is 6.36. The average molecular weight is 223 g/mol. The van der Waals surface area contributed by atoms with E-state index in [9.17, 15) is 0 Å². The van der Waals surface area contributed by atoms with Crippen LogP contribution in [0, 0.1) is 0 Å². The van der Waals surface area contributed by atoms with Crippen LogP contribution in [0.25, 0.3) is 0 Å². The summed E-state index contributed by atoms with van der Waals surface area (Å²) in [5.74, 6) is 0. The van der Waals surface area contributed by atoms with Crippen LogP contribution in [-0.4, -0.2) is 15.3 Å². The number of aromatic nitrogens is 2. The van der Waals surface area contributed by atoms with Crippen LogP contribution in [0.1, 0.15) is 51.9 Å². The van der Waals surface area contributed by atoms with Gasteiger partial charge in [0.2, 0.25) is 0 Å². The van der Waals surface area contributed by atoms with E-state index in [1.54, 1.807) is 0 Å². The Morgan fingerprint density at radius 2 is 1.88 bits per heavy atom. The van der Waals surface area contributed by atoms with Crippen molar-refractivity contribution in [2.24, 2.45) is 5.73 Å². The van der Waals surface area contributed by atoms with E-state index >= 15 is 0 Å². The minimum absolute atomic E-state index is 0.0715. The van der Waals surface area contributed by atoms with Gasteiger partial charge in [-0.2, -0.15) is 5.10 Å². The van der Waals surface area contributed by atoms with Crippen LogP contribution in [-0.2, 0) is 19.4 Å². The van der Waals surface area contributed by atoms with Crippen molar-refractivity contribution in [1.29, 1.82) is 0 Å². The molecule has 0 aliphatic carbocycles. The van der Waals surface area contributed by atoms with Gasteiger partial charge in [0.05, 0.1) is 5.69 Å². The van der Waals surface area contributed by atoms with Gasteiger partial charge in [0, 0.05) is 24.2 Å². The summed E-state index contributed by atoms with van der Waals surface area (Å²) < 4.78 is 2.09. The molecule has 0 aromatic carbocycles. The summed E-state index contributed by atoms with van der Waals surface area (Å²) in [6.07, 6.45) is 3.95. The van der Waals surface area contributed by atoms with Gasteiger partial charge in [0.15, 0.2) is 0 Å². The normalized spacial score (nSPS) is 12.1. The summed E-state index contributed by atoms with van der Waals surface area (Å²) in [5, 5.41) is 4.56. The molecule has 3 nitrogen and oxygen atoms in total. The van der Waals surface area contributed by atoms with Gasteiger partial charge >= 0.3 is 0 Å². The van der Waals surface area contributed by atoms with Crippen molar-refractivity contribution < 1.29 is 0 Å². The third-order valence-corrected chi connectivity index (χ3v) is 3.52. The van der Waals surface area contributed by atoms with E-state index in [2.05, 4.69) is 43.5 Å². The Balaban J connectivity index is 2.90. The lowest BCUT2D eigenvalue weighted by atomic mass is 9.89. The first-order valence-electron chi connectivity index (χ1n) is 6.43. The quantitative estimate of drug-likeness (QED) is 0.805. The Morgan fingerprint density at radius 1 is 1.25 bits per heavy atom. The van der Waals surface area contributed by atoms with Gasteiger partial charge in [0.1, 0.15) is 0 Å². The van der Waals surface area contributed by atoms with Crippen molar-refractivity contribution in [3.63, 3.8) is 0 Å². The fourth-order valence-corrected chi connectivity index (χ4v) is 1.96. The van der Waals surface area contributed by atoms with E-state index < -0.39 is 0 Å². The third kappa shape index (κ3) is 2.85. The van der Waals surface area contributed by atoms with E-state index in [4.69, 9.17) is 5.73 Å². The summed E-state index contributed by atoms with van der Waals surface area (Å²) in [4.78, 5) is 0. The van der Waals surface area contributed by atoms with E-state index in [-0.39, 0.29) is 5.54 Å². The highest BCUT2D eigenvalue weighted by Gasteiger charge is 2.22. The Morgan fingerprint density at radius 3 is 2.31 bits per heavy atom. The van der Waals surface area contributed by atoms with Crippen LogP contribution in [0.5, 0.6) is 0 Å². The Labute approximate surface area is 99.0 Å². The number of aryl methyl sites for hydroxylation is 2. The molecule has 0 bridgehead atoms. The molecule has 0 aliphatic heterocycles. The van der Waals surface area contributed by atoms with Gasteiger partial charge in [-0.15, -0.1) is 0 Å². The lowest BCUT2D eigenvalue weighted by Gasteiger charge is -2.26. The molecule has 92 valence electrons. The average Bonchev–Trinajstić information content (AvgIpc) is 2.71. The summed E-state index contributed by atoms with van der Waals surface area (Å²) >= 11 is 0. The van der Waals surface area contributed by atoms with Crippen molar-refractivity contribution in [3.05, 3.63) is 17.5 Å². The SMILES string of the molecule is CCc1cc(CC(N)(CC)CC)n(CC)n1. The lowest BCUT2D eigenvalue weighted by molar-refractivity contribution is 0.380. The maximum Gasteiger partial charge on any atom is 0.0624 e. The molecule has 1 aromatic rings. The number of hydrogen-bond donors (Lipinski definition) is 1. The second kappa shape index (κ2) is 5.48. The second-order valence-electron chi connectivity index (χ2n) is 4.54. The van der Waals surface area contributed by atoms with Crippen molar-refractivity contribution in [1.82, 2.24) is 9.78 Å². The fourth-order valence-electron chi connectivity index (χ4n) is 1.96. The zero-order chi connectivity index (χ0) is 12.2. The Bertz CT molecular complexity index is 324. The number of rotatable bonds is 6. The van der Waals surface area contributed by atoms with Crippen LogP contribution >= 0.6 is 0 Å². The van der Waals surface area contributed by atoms with E-state index in [1.807, 2.05) is 0 Å².